The molecule has 0 amide bonds. The molecule has 0 bridgehead atoms. The normalized spacial score (nSPS) is 14.1. The molecule has 1 aliphatic heterocycles. The number of alkyl halides is 2. The van der Waals surface area contributed by atoms with Crippen LogP contribution in [-0.2, 0) is 4.74 Å². The summed E-state index contributed by atoms with van der Waals surface area (Å²) in [6.07, 6.45) is 1.42. The lowest BCUT2D eigenvalue weighted by Crippen LogP contribution is -2.36. The zero-order chi connectivity index (χ0) is 22.2. The van der Waals surface area contributed by atoms with E-state index >= 15 is 0 Å². The molecule has 2 N–H and O–H groups in total. The summed E-state index contributed by atoms with van der Waals surface area (Å²) in [5.41, 5.74) is 4.30. The number of halogens is 2. The summed E-state index contributed by atoms with van der Waals surface area (Å²) in [7, 11) is 0. The molecule has 1 saturated heterocycles. The van der Waals surface area contributed by atoms with E-state index in [1.165, 1.54) is 12.3 Å². The minimum atomic E-state index is -2.48. The topological polar surface area (TPSA) is 92.0 Å². The van der Waals surface area contributed by atoms with Crippen LogP contribution < -0.4 is 15.6 Å². The summed E-state index contributed by atoms with van der Waals surface area (Å²) in [6, 6.07) is 11.2. The molecule has 1 aliphatic rings. The Kier molecular flexibility index (Phi) is 8.09. The van der Waals surface area contributed by atoms with Gasteiger partial charge < -0.3 is 15.0 Å². The molecule has 12 heteroatoms. The van der Waals surface area contributed by atoms with Gasteiger partial charge in [0.1, 0.15) is 5.69 Å². The van der Waals surface area contributed by atoms with Crippen LogP contribution in [0.15, 0.2) is 52.5 Å². The van der Waals surface area contributed by atoms with Gasteiger partial charge in [0.15, 0.2) is 5.11 Å². The number of ether oxygens (including phenoxy) is 1. The Bertz CT molecular complexity index is 954. The highest BCUT2D eigenvalue weighted by atomic mass is 32.2. The maximum Gasteiger partial charge on any atom is 0.293 e. The molecule has 3 rings (SSSR count). The molecule has 0 unspecified atom stereocenters. The second-order valence-electron chi connectivity index (χ2n) is 6.33. The van der Waals surface area contributed by atoms with Crippen LogP contribution in [0.25, 0.3) is 0 Å². The molecular formula is C19H19F2N5O3S2. The number of rotatable bonds is 7. The molecule has 2 aromatic rings. The van der Waals surface area contributed by atoms with Crippen LogP contribution in [0, 0.1) is 10.1 Å². The molecular weight excluding hydrogens is 448 g/mol. The Labute approximate surface area is 186 Å². The average molecular weight is 468 g/mol. The van der Waals surface area contributed by atoms with Crippen LogP contribution in [0.5, 0.6) is 0 Å². The number of morpholine rings is 1. The number of hydrogen-bond donors (Lipinski definition) is 2. The second-order valence-corrected chi connectivity index (χ2v) is 7.80. The monoisotopic (exact) mass is 467 g/mol. The van der Waals surface area contributed by atoms with E-state index in [2.05, 4.69) is 15.8 Å². The van der Waals surface area contributed by atoms with Crippen molar-refractivity contribution >= 4 is 52.4 Å². The quantitative estimate of drug-likeness (QED) is 0.207. The first-order chi connectivity index (χ1) is 14.9. The zero-order valence-electron chi connectivity index (χ0n) is 16.2. The van der Waals surface area contributed by atoms with Gasteiger partial charge in [0, 0.05) is 35.3 Å². The molecule has 1 heterocycles. The maximum absolute atomic E-state index is 12.4. The second kappa shape index (κ2) is 11.0. The number of nitrogens with one attached hydrogen (secondary N) is 2. The molecule has 0 saturated carbocycles. The maximum atomic E-state index is 12.4. The Morgan fingerprint density at radius 1 is 1.26 bits per heavy atom. The highest BCUT2D eigenvalue weighted by molar-refractivity contribution is 7.99. The van der Waals surface area contributed by atoms with Crippen LogP contribution in [0.3, 0.4) is 0 Å². The first-order valence-electron chi connectivity index (χ1n) is 9.18. The first-order valence-corrected chi connectivity index (χ1v) is 10.5. The summed E-state index contributed by atoms with van der Waals surface area (Å²) in [5, 5.41) is 18.6. The zero-order valence-corrected chi connectivity index (χ0v) is 17.8. The lowest BCUT2D eigenvalue weighted by molar-refractivity contribution is -0.384. The Morgan fingerprint density at radius 2 is 1.97 bits per heavy atom. The molecule has 0 radical (unpaired) electrons. The van der Waals surface area contributed by atoms with Gasteiger partial charge in [0.25, 0.3) is 11.4 Å². The van der Waals surface area contributed by atoms with Crippen molar-refractivity contribution in [2.24, 2.45) is 5.10 Å². The van der Waals surface area contributed by atoms with Crippen molar-refractivity contribution in [3.8, 4) is 0 Å². The smallest absolute Gasteiger partial charge is 0.293 e. The molecule has 1 fully saturated rings. The van der Waals surface area contributed by atoms with Gasteiger partial charge in [-0.3, -0.25) is 15.5 Å². The molecule has 8 nitrogen and oxygen atoms in total. The van der Waals surface area contributed by atoms with E-state index in [1.54, 1.807) is 36.4 Å². The third-order valence-electron chi connectivity index (χ3n) is 4.27. The van der Waals surface area contributed by atoms with Crippen molar-refractivity contribution < 1.29 is 18.4 Å². The minimum Gasteiger partial charge on any atom is -0.378 e. The number of anilines is 2. The molecule has 31 heavy (non-hydrogen) atoms. The number of nitro groups is 1. The van der Waals surface area contributed by atoms with E-state index in [4.69, 9.17) is 17.0 Å². The van der Waals surface area contributed by atoms with Gasteiger partial charge in [-0.2, -0.15) is 13.9 Å². The third-order valence-corrected chi connectivity index (χ3v) is 5.18. The Morgan fingerprint density at radius 3 is 2.61 bits per heavy atom. The molecule has 0 spiro atoms. The standard InChI is InChI=1S/C19H19F2N5O3S2/c20-18(21)31-15-4-2-14(3-5-15)23-19(30)24-22-12-13-1-6-16(17(11-13)26(27)28)25-7-9-29-10-8-25/h1-6,11-12,18H,7-10H2,(H2,23,24,30)/b22-12+. The highest BCUT2D eigenvalue weighted by Crippen LogP contribution is 2.29. The number of nitrogens with zero attached hydrogens (tertiary/aromatic N) is 3. The van der Waals surface area contributed by atoms with Crippen molar-refractivity contribution in [3.63, 3.8) is 0 Å². The number of thiocarbonyl (C=S) groups is 1. The number of hydrogen-bond acceptors (Lipinski definition) is 7. The van der Waals surface area contributed by atoms with E-state index < -0.39 is 10.7 Å². The van der Waals surface area contributed by atoms with Crippen molar-refractivity contribution in [1.82, 2.24) is 5.43 Å². The number of nitro benzene ring substituents is 1. The number of hydrazone groups is 1. The summed E-state index contributed by atoms with van der Waals surface area (Å²) < 4.78 is 30.0. The van der Waals surface area contributed by atoms with Gasteiger partial charge in [-0.05, 0) is 42.5 Å². The Hall–Kier alpha value is -2.83. The fraction of sp³-hybridized carbons (Fsp3) is 0.263. The van der Waals surface area contributed by atoms with Gasteiger partial charge in [-0.15, -0.1) is 0 Å². The van der Waals surface area contributed by atoms with Crippen LogP contribution in [-0.4, -0.2) is 48.3 Å². The van der Waals surface area contributed by atoms with Crippen molar-refractivity contribution in [2.75, 3.05) is 36.5 Å². The van der Waals surface area contributed by atoms with E-state index in [-0.39, 0.29) is 10.8 Å². The minimum absolute atomic E-state index is 0.00620. The van der Waals surface area contributed by atoms with Crippen LogP contribution in [0.2, 0.25) is 0 Å². The van der Waals surface area contributed by atoms with Crippen LogP contribution >= 0.6 is 24.0 Å². The predicted octanol–water partition coefficient (Wildman–Crippen LogP) is 4.07. The summed E-state index contributed by atoms with van der Waals surface area (Å²) in [5.74, 6) is -2.48. The van der Waals surface area contributed by atoms with Crippen molar-refractivity contribution in [3.05, 3.63) is 58.1 Å². The van der Waals surface area contributed by atoms with Gasteiger partial charge in [0.2, 0.25) is 0 Å². The molecule has 164 valence electrons. The van der Waals surface area contributed by atoms with E-state index in [9.17, 15) is 18.9 Å². The molecule has 0 atom stereocenters. The van der Waals surface area contributed by atoms with Gasteiger partial charge in [-0.25, -0.2) is 0 Å². The molecule has 0 aliphatic carbocycles. The number of thioether (sulfide) groups is 1. The highest BCUT2D eigenvalue weighted by Gasteiger charge is 2.21. The van der Waals surface area contributed by atoms with Gasteiger partial charge in [0.05, 0.1) is 24.4 Å². The van der Waals surface area contributed by atoms with Crippen molar-refractivity contribution in [1.29, 1.82) is 0 Å². The van der Waals surface area contributed by atoms with E-state index in [0.717, 1.165) is 0 Å². The lowest BCUT2D eigenvalue weighted by atomic mass is 10.1. The average Bonchev–Trinajstić information content (AvgIpc) is 2.75. The fourth-order valence-corrected chi connectivity index (χ4v) is 3.55. The largest absolute Gasteiger partial charge is 0.378 e. The van der Waals surface area contributed by atoms with E-state index in [1.807, 2.05) is 4.90 Å². The molecule has 0 aromatic heterocycles. The first kappa shape index (κ1) is 22.8. The van der Waals surface area contributed by atoms with Gasteiger partial charge in [-0.1, -0.05) is 17.8 Å². The summed E-state index contributed by atoms with van der Waals surface area (Å²) in [4.78, 5) is 13.4. The lowest BCUT2D eigenvalue weighted by Gasteiger charge is -2.28. The van der Waals surface area contributed by atoms with Crippen LogP contribution in [0.1, 0.15) is 5.56 Å². The fourth-order valence-electron chi connectivity index (χ4n) is 2.88. The SMILES string of the molecule is O=[N+]([O-])c1cc(/C=N/NC(=S)Nc2ccc(SC(F)F)cc2)ccc1N1CCOCC1. The predicted molar refractivity (Wildman–Crippen MR) is 121 cm³/mol. The van der Waals surface area contributed by atoms with Crippen molar-refractivity contribution in [2.45, 2.75) is 10.7 Å². The summed E-state index contributed by atoms with van der Waals surface area (Å²) >= 11 is 5.60. The van der Waals surface area contributed by atoms with Gasteiger partial charge >= 0.3 is 0 Å². The molecule has 2 aromatic carbocycles. The Balaban J connectivity index is 1.59. The van der Waals surface area contributed by atoms with E-state index in [0.29, 0.717) is 59.9 Å². The summed E-state index contributed by atoms with van der Waals surface area (Å²) in [6.45, 7) is 2.25. The van der Waals surface area contributed by atoms with Crippen LogP contribution in [0.4, 0.5) is 25.8 Å². The third kappa shape index (κ3) is 6.84. The number of benzene rings is 2.